The zero-order chi connectivity index (χ0) is 33.5. The molecule has 0 unspecified atom stereocenters. The van der Waals surface area contributed by atoms with Crippen LogP contribution in [0.3, 0.4) is 0 Å². The number of benzene rings is 1. The maximum Gasteiger partial charge on any atom is 0.258 e. The van der Waals surface area contributed by atoms with Crippen molar-refractivity contribution < 1.29 is 32.7 Å². The smallest absolute Gasteiger partial charge is 0.258 e. The summed E-state index contributed by atoms with van der Waals surface area (Å²) in [5, 5.41) is 8.18. The summed E-state index contributed by atoms with van der Waals surface area (Å²) in [4.78, 5) is 57.1. The fourth-order valence-electron chi connectivity index (χ4n) is 6.72. The van der Waals surface area contributed by atoms with Crippen molar-refractivity contribution in [3.8, 4) is 0 Å². The van der Waals surface area contributed by atoms with Crippen molar-refractivity contribution in [1.29, 1.82) is 0 Å². The van der Waals surface area contributed by atoms with Crippen LogP contribution in [0.5, 0.6) is 0 Å². The molecule has 4 fully saturated rings. The van der Waals surface area contributed by atoms with Gasteiger partial charge in [-0.2, -0.15) is 0 Å². The minimum absolute atomic E-state index is 0.0756. The van der Waals surface area contributed by atoms with E-state index in [1.807, 2.05) is 20.9 Å². The molecule has 0 aromatic heterocycles. The minimum Gasteiger partial charge on any atom is -0.372 e. The quantitative estimate of drug-likeness (QED) is 0.303. The molecule has 6 atom stereocenters. The zero-order valence-electron chi connectivity index (χ0n) is 27.8. The van der Waals surface area contributed by atoms with Gasteiger partial charge in [0.1, 0.15) is 24.0 Å². The number of anilines is 1. The second-order valence-corrected chi connectivity index (χ2v) is 14.2. The van der Waals surface area contributed by atoms with E-state index in [4.69, 9.17) is 4.74 Å². The molecule has 0 radical (unpaired) electrons. The summed E-state index contributed by atoms with van der Waals surface area (Å²) >= 11 is 0. The Morgan fingerprint density at radius 3 is 2.11 bits per heavy atom. The Balaban J connectivity index is 1.35. The Labute approximate surface area is 270 Å². The Morgan fingerprint density at radius 2 is 1.57 bits per heavy atom. The van der Waals surface area contributed by atoms with Crippen molar-refractivity contribution in [1.82, 2.24) is 20.4 Å². The molecule has 5 rings (SSSR count). The Bertz CT molecular complexity index is 1320. The SMILES string of the molecule is CO[C@@H](C)C(=O)N[C@@H](C(=O)N1C[C@@H](C)N(C)C[C@H]1C)[C@@H](C)c1ccc(NC(=O)[C@@H](NC(=O)C2(F)CC2)C(C2CC2)C2CC2)c(F)c1. The molecule has 1 saturated heterocycles. The van der Waals surface area contributed by atoms with Crippen molar-refractivity contribution in [2.45, 2.75) is 108 Å². The van der Waals surface area contributed by atoms with Crippen molar-refractivity contribution >= 4 is 29.3 Å². The van der Waals surface area contributed by atoms with E-state index in [1.54, 1.807) is 24.8 Å². The van der Waals surface area contributed by atoms with Gasteiger partial charge in [0, 0.05) is 38.2 Å². The topological polar surface area (TPSA) is 120 Å². The van der Waals surface area contributed by atoms with Crippen LogP contribution in [0.4, 0.5) is 14.5 Å². The van der Waals surface area contributed by atoms with E-state index < -0.39 is 53.3 Å². The summed E-state index contributed by atoms with van der Waals surface area (Å²) < 4.78 is 35.5. The highest BCUT2D eigenvalue weighted by molar-refractivity contribution is 5.99. The van der Waals surface area contributed by atoms with Crippen LogP contribution in [0.1, 0.15) is 77.7 Å². The molecule has 254 valence electrons. The minimum atomic E-state index is -1.93. The predicted molar refractivity (Wildman–Crippen MR) is 169 cm³/mol. The van der Waals surface area contributed by atoms with Gasteiger partial charge in [0.2, 0.25) is 17.7 Å². The summed E-state index contributed by atoms with van der Waals surface area (Å²) in [5.74, 6) is -2.94. The normalized spacial score (nSPS) is 25.3. The number of nitrogens with zero attached hydrogens (tertiary/aromatic N) is 2. The molecule has 1 aromatic rings. The monoisotopic (exact) mass is 645 g/mol. The summed E-state index contributed by atoms with van der Waals surface area (Å²) in [5.41, 5.74) is -1.54. The van der Waals surface area contributed by atoms with Crippen LogP contribution in [-0.2, 0) is 23.9 Å². The fourth-order valence-corrected chi connectivity index (χ4v) is 6.72. The number of methoxy groups -OCH3 is 1. The molecule has 1 aromatic carbocycles. The summed E-state index contributed by atoms with van der Waals surface area (Å²) in [6.45, 7) is 8.50. The molecule has 1 aliphatic heterocycles. The van der Waals surface area contributed by atoms with Gasteiger partial charge < -0.3 is 25.6 Å². The second-order valence-electron chi connectivity index (χ2n) is 14.2. The highest BCUT2D eigenvalue weighted by Gasteiger charge is 2.54. The number of halogens is 2. The second kappa shape index (κ2) is 13.5. The van der Waals surface area contributed by atoms with Gasteiger partial charge in [0.05, 0.1) is 5.69 Å². The molecule has 0 bridgehead atoms. The highest BCUT2D eigenvalue weighted by Crippen LogP contribution is 2.51. The number of hydrogen-bond acceptors (Lipinski definition) is 6. The maximum absolute atomic E-state index is 15.7. The van der Waals surface area contributed by atoms with Gasteiger partial charge in [-0.1, -0.05) is 13.0 Å². The van der Waals surface area contributed by atoms with Crippen molar-refractivity contribution in [2.24, 2.45) is 17.8 Å². The number of hydrogen-bond donors (Lipinski definition) is 3. The standard InChI is InChI=1S/C34H49F2N5O5/c1-18-17-41(19(2)16-40(18)5)32(44)28(38-30(42)21(4)46-6)20(3)24-11-12-26(25(35)15-24)37-31(43)29(39-33(45)34(36)13-14-34)27(22-7-8-22)23-9-10-23/h11-12,15,18-23,27-29H,7-10,13-14,16-17H2,1-6H3,(H,37,43)(H,38,42)(H,39,45)/t18-,19-,20+,21+,28-,29+/m1/s1. The van der Waals surface area contributed by atoms with E-state index in [0.29, 0.717) is 18.7 Å². The van der Waals surface area contributed by atoms with Crippen LogP contribution in [0.2, 0.25) is 0 Å². The summed E-state index contributed by atoms with van der Waals surface area (Å²) in [6, 6.07) is 2.40. The van der Waals surface area contributed by atoms with Gasteiger partial charge in [-0.25, -0.2) is 8.78 Å². The van der Waals surface area contributed by atoms with E-state index in [2.05, 4.69) is 20.9 Å². The van der Waals surface area contributed by atoms with Crippen molar-refractivity contribution in [2.75, 3.05) is 32.6 Å². The third kappa shape index (κ3) is 7.54. The molecule has 4 amide bonds. The number of carbonyl (C=O) groups is 4. The van der Waals surface area contributed by atoms with Gasteiger partial charge in [0.15, 0.2) is 5.67 Å². The van der Waals surface area contributed by atoms with E-state index in [0.717, 1.165) is 25.7 Å². The number of carbonyl (C=O) groups excluding carboxylic acids is 4. The number of likely N-dealkylation sites (N-methyl/N-ethyl adjacent to an activating group) is 1. The average Bonchev–Trinajstić information content (AvgIpc) is 3.87. The molecule has 4 aliphatic rings. The maximum atomic E-state index is 15.7. The molecule has 1 heterocycles. The van der Waals surface area contributed by atoms with E-state index in [-0.39, 0.29) is 54.3 Å². The Morgan fingerprint density at radius 1 is 0.935 bits per heavy atom. The van der Waals surface area contributed by atoms with Crippen molar-refractivity contribution in [3.05, 3.63) is 29.6 Å². The molecular weight excluding hydrogens is 596 g/mol. The third-order valence-corrected chi connectivity index (χ3v) is 10.5. The molecule has 12 heteroatoms. The number of amides is 4. The van der Waals surface area contributed by atoms with Gasteiger partial charge in [0.25, 0.3) is 5.91 Å². The van der Waals surface area contributed by atoms with Crippen LogP contribution < -0.4 is 16.0 Å². The third-order valence-electron chi connectivity index (χ3n) is 10.5. The molecule has 3 N–H and O–H groups in total. The number of nitrogens with one attached hydrogen (secondary N) is 3. The molecule has 10 nitrogen and oxygen atoms in total. The van der Waals surface area contributed by atoms with E-state index in [1.165, 1.54) is 19.2 Å². The van der Waals surface area contributed by atoms with E-state index >= 15 is 4.39 Å². The number of rotatable bonds is 13. The van der Waals surface area contributed by atoms with Crippen LogP contribution in [0.25, 0.3) is 0 Å². The van der Waals surface area contributed by atoms with Gasteiger partial charge in [-0.05, 0) is 102 Å². The van der Waals surface area contributed by atoms with Crippen LogP contribution in [-0.4, -0.2) is 96.6 Å². The first kappa shape index (κ1) is 34.2. The lowest BCUT2D eigenvalue weighted by atomic mass is 9.88. The van der Waals surface area contributed by atoms with Crippen LogP contribution in [0, 0.1) is 23.6 Å². The lowest BCUT2D eigenvalue weighted by molar-refractivity contribution is -0.143. The van der Waals surface area contributed by atoms with Gasteiger partial charge in [-0.15, -0.1) is 0 Å². The predicted octanol–water partition coefficient (Wildman–Crippen LogP) is 3.36. The largest absolute Gasteiger partial charge is 0.372 e. The number of ether oxygens (including phenoxy) is 1. The Kier molecular flexibility index (Phi) is 10.1. The van der Waals surface area contributed by atoms with Crippen molar-refractivity contribution in [3.63, 3.8) is 0 Å². The lowest BCUT2D eigenvalue weighted by Crippen LogP contribution is -2.61. The van der Waals surface area contributed by atoms with Crippen LogP contribution in [0.15, 0.2) is 18.2 Å². The number of alkyl halides is 1. The average molecular weight is 646 g/mol. The first-order valence-electron chi connectivity index (χ1n) is 16.7. The van der Waals surface area contributed by atoms with Gasteiger partial charge in [-0.3, -0.25) is 24.1 Å². The Hall–Kier alpha value is -3.12. The zero-order valence-corrected chi connectivity index (χ0v) is 27.8. The summed E-state index contributed by atoms with van der Waals surface area (Å²) in [6.07, 6.45) is 3.29. The summed E-state index contributed by atoms with van der Waals surface area (Å²) in [7, 11) is 3.42. The first-order chi connectivity index (χ1) is 21.7. The molecule has 0 spiro atoms. The van der Waals surface area contributed by atoms with Gasteiger partial charge >= 0.3 is 0 Å². The fraction of sp³-hybridized carbons (Fsp3) is 0.706. The molecule has 46 heavy (non-hydrogen) atoms. The molecular formula is C34H49F2N5O5. The molecule has 3 saturated carbocycles. The lowest BCUT2D eigenvalue weighted by Gasteiger charge is -2.44. The number of piperazine rings is 1. The highest BCUT2D eigenvalue weighted by atomic mass is 19.1. The van der Waals surface area contributed by atoms with Crippen LogP contribution >= 0.6 is 0 Å². The van der Waals surface area contributed by atoms with E-state index in [9.17, 15) is 23.6 Å². The first-order valence-corrected chi connectivity index (χ1v) is 16.7. The molecule has 3 aliphatic carbocycles.